The first-order valence-electron chi connectivity index (χ1n) is 9.34. The summed E-state index contributed by atoms with van der Waals surface area (Å²) in [6.45, 7) is 6.14. The van der Waals surface area contributed by atoms with E-state index in [-0.39, 0.29) is 11.7 Å². The van der Waals surface area contributed by atoms with E-state index in [2.05, 4.69) is 10.2 Å². The zero-order valence-corrected chi connectivity index (χ0v) is 15.9. The molecule has 1 aliphatic rings. The number of amides is 1. The maximum atomic E-state index is 13.9. The number of para-hydroxylation sites is 1. The van der Waals surface area contributed by atoms with Crippen LogP contribution in [0.4, 0.5) is 15.8 Å². The number of hydrogen-bond donors (Lipinski definition) is 2. The summed E-state index contributed by atoms with van der Waals surface area (Å²) >= 11 is 0. The Morgan fingerprint density at radius 3 is 2.67 bits per heavy atom. The molecule has 1 aliphatic heterocycles. The molecule has 0 saturated carbocycles. The number of hydrogen-bond acceptors (Lipinski definition) is 3. The van der Waals surface area contributed by atoms with E-state index in [0.717, 1.165) is 38.3 Å². The number of anilines is 2. The van der Waals surface area contributed by atoms with Gasteiger partial charge in [-0.25, -0.2) is 4.39 Å². The van der Waals surface area contributed by atoms with Crippen LogP contribution in [0.2, 0.25) is 0 Å². The molecular formula is C21H27FN3O2+. The average molecular weight is 372 g/mol. The minimum absolute atomic E-state index is 0.0112. The van der Waals surface area contributed by atoms with Crippen LogP contribution in [0.5, 0.6) is 5.75 Å². The van der Waals surface area contributed by atoms with Gasteiger partial charge in [-0.2, -0.15) is 0 Å². The van der Waals surface area contributed by atoms with Gasteiger partial charge in [0.25, 0.3) is 0 Å². The van der Waals surface area contributed by atoms with Gasteiger partial charge in [0.1, 0.15) is 11.6 Å². The molecule has 6 heteroatoms. The number of quaternary nitrogens is 1. The van der Waals surface area contributed by atoms with Crippen molar-refractivity contribution in [2.75, 3.05) is 50.1 Å². The molecule has 0 unspecified atom stereocenters. The first-order valence-corrected chi connectivity index (χ1v) is 9.34. The molecule has 0 atom stereocenters. The van der Waals surface area contributed by atoms with Gasteiger partial charge in [-0.3, -0.25) is 4.79 Å². The number of carbonyl (C=O) groups is 1. The molecule has 1 fully saturated rings. The van der Waals surface area contributed by atoms with E-state index >= 15 is 0 Å². The minimum atomic E-state index is -0.174. The summed E-state index contributed by atoms with van der Waals surface area (Å²) in [6.07, 6.45) is 0.451. The van der Waals surface area contributed by atoms with Crippen LogP contribution < -0.4 is 19.9 Å². The van der Waals surface area contributed by atoms with E-state index in [9.17, 15) is 9.18 Å². The lowest BCUT2D eigenvalue weighted by Gasteiger charge is -2.33. The zero-order valence-electron chi connectivity index (χ0n) is 15.9. The number of rotatable bonds is 6. The second-order valence-electron chi connectivity index (χ2n) is 6.94. The highest BCUT2D eigenvalue weighted by molar-refractivity contribution is 5.92. The van der Waals surface area contributed by atoms with Gasteiger partial charge in [0.05, 0.1) is 57.6 Å². The summed E-state index contributed by atoms with van der Waals surface area (Å²) in [7, 11) is 1.60. The second kappa shape index (κ2) is 8.86. The Balaban J connectivity index is 1.47. The van der Waals surface area contributed by atoms with E-state index in [0.29, 0.717) is 23.5 Å². The van der Waals surface area contributed by atoms with Gasteiger partial charge in [0.15, 0.2) is 0 Å². The van der Waals surface area contributed by atoms with E-state index in [4.69, 9.17) is 4.74 Å². The Bertz CT molecular complexity index is 789. The van der Waals surface area contributed by atoms with Gasteiger partial charge >= 0.3 is 0 Å². The largest absolute Gasteiger partial charge is 0.495 e. The monoisotopic (exact) mass is 372 g/mol. The van der Waals surface area contributed by atoms with Crippen molar-refractivity contribution in [3.05, 3.63) is 53.8 Å². The third-order valence-corrected chi connectivity index (χ3v) is 5.00. The lowest BCUT2D eigenvalue weighted by Crippen LogP contribution is -3.15. The lowest BCUT2D eigenvalue weighted by molar-refractivity contribution is -0.900. The van der Waals surface area contributed by atoms with Crippen molar-refractivity contribution in [2.24, 2.45) is 0 Å². The number of nitrogens with zero attached hydrogens (tertiary/aromatic N) is 1. The first-order chi connectivity index (χ1) is 13.1. The van der Waals surface area contributed by atoms with Crippen LogP contribution in [0, 0.1) is 12.7 Å². The SMILES string of the molecule is COc1ccc(C)cc1NC(=O)CC[NH+]1CCN(c2ccccc2F)CC1. The highest BCUT2D eigenvalue weighted by Gasteiger charge is 2.22. The highest BCUT2D eigenvalue weighted by atomic mass is 19.1. The number of piperazine rings is 1. The number of aryl methyl sites for hydroxylation is 1. The van der Waals surface area contributed by atoms with Crippen molar-refractivity contribution >= 4 is 17.3 Å². The molecule has 2 aromatic carbocycles. The number of nitrogens with one attached hydrogen (secondary N) is 2. The fourth-order valence-electron chi connectivity index (χ4n) is 3.44. The molecule has 27 heavy (non-hydrogen) atoms. The molecule has 5 nitrogen and oxygen atoms in total. The van der Waals surface area contributed by atoms with Crippen LogP contribution in [0.25, 0.3) is 0 Å². The average Bonchev–Trinajstić information content (AvgIpc) is 2.67. The lowest BCUT2D eigenvalue weighted by atomic mass is 10.2. The smallest absolute Gasteiger partial charge is 0.230 e. The Hall–Kier alpha value is -2.60. The first kappa shape index (κ1) is 19.2. The van der Waals surface area contributed by atoms with E-state index in [1.165, 1.54) is 11.0 Å². The molecule has 0 aromatic heterocycles. The van der Waals surface area contributed by atoms with Crippen molar-refractivity contribution in [1.82, 2.24) is 0 Å². The molecule has 0 bridgehead atoms. The molecule has 1 amide bonds. The van der Waals surface area contributed by atoms with Gasteiger partial charge < -0.3 is 19.9 Å². The summed E-state index contributed by atoms with van der Waals surface area (Å²) < 4.78 is 19.2. The number of benzene rings is 2. The Kier molecular flexibility index (Phi) is 6.29. The third-order valence-electron chi connectivity index (χ3n) is 5.00. The van der Waals surface area contributed by atoms with Crippen LogP contribution in [0.15, 0.2) is 42.5 Å². The van der Waals surface area contributed by atoms with Crippen LogP contribution in [0.3, 0.4) is 0 Å². The van der Waals surface area contributed by atoms with Crippen molar-refractivity contribution in [3.8, 4) is 5.75 Å². The van der Waals surface area contributed by atoms with Crippen LogP contribution in [-0.4, -0.2) is 45.7 Å². The molecule has 3 rings (SSSR count). The molecule has 0 radical (unpaired) electrons. The number of carbonyl (C=O) groups excluding carboxylic acids is 1. The summed E-state index contributed by atoms with van der Waals surface area (Å²) in [5.74, 6) is 0.482. The molecule has 0 spiro atoms. The maximum Gasteiger partial charge on any atom is 0.230 e. The van der Waals surface area contributed by atoms with Crippen LogP contribution >= 0.6 is 0 Å². The van der Waals surface area contributed by atoms with E-state index < -0.39 is 0 Å². The van der Waals surface area contributed by atoms with E-state index in [1.54, 1.807) is 13.2 Å². The Morgan fingerprint density at radius 2 is 1.96 bits per heavy atom. The topological polar surface area (TPSA) is 46.0 Å². The van der Waals surface area contributed by atoms with Crippen LogP contribution in [-0.2, 0) is 4.79 Å². The number of ether oxygens (including phenoxy) is 1. The number of methoxy groups -OCH3 is 1. The summed E-state index contributed by atoms with van der Waals surface area (Å²) in [6, 6.07) is 12.6. The molecular weight excluding hydrogens is 345 g/mol. The van der Waals surface area contributed by atoms with Crippen LogP contribution in [0.1, 0.15) is 12.0 Å². The molecule has 1 heterocycles. The molecule has 1 saturated heterocycles. The molecule has 0 aliphatic carbocycles. The normalized spacial score (nSPS) is 14.9. The molecule has 144 valence electrons. The van der Waals surface area contributed by atoms with Crippen molar-refractivity contribution < 1.29 is 18.8 Å². The van der Waals surface area contributed by atoms with Crippen molar-refractivity contribution in [2.45, 2.75) is 13.3 Å². The van der Waals surface area contributed by atoms with Gasteiger partial charge in [0, 0.05) is 0 Å². The minimum Gasteiger partial charge on any atom is -0.495 e. The zero-order chi connectivity index (χ0) is 19.2. The third kappa shape index (κ3) is 4.98. The fraction of sp³-hybridized carbons (Fsp3) is 0.381. The predicted octanol–water partition coefficient (Wildman–Crippen LogP) is 1.88. The maximum absolute atomic E-state index is 13.9. The van der Waals surface area contributed by atoms with Crippen molar-refractivity contribution in [3.63, 3.8) is 0 Å². The summed E-state index contributed by atoms with van der Waals surface area (Å²) in [5.41, 5.74) is 2.45. The summed E-state index contributed by atoms with van der Waals surface area (Å²) in [4.78, 5) is 15.8. The van der Waals surface area contributed by atoms with Gasteiger partial charge in [-0.1, -0.05) is 18.2 Å². The molecule has 2 N–H and O–H groups in total. The van der Waals surface area contributed by atoms with Crippen molar-refractivity contribution in [1.29, 1.82) is 0 Å². The van der Waals surface area contributed by atoms with Gasteiger partial charge in [-0.05, 0) is 36.8 Å². The van der Waals surface area contributed by atoms with E-state index in [1.807, 2.05) is 37.3 Å². The van der Waals surface area contributed by atoms with Gasteiger partial charge in [0.2, 0.25) is 5.91 Å². The fourth-order valence-corrected chi connectivity index (χ4v) is 3.44. The predicted molar refractivity (Wildman–Crippen MR) is 105 cm³/mol. The molecule has 2 aromatic rings. The Morgan fingerprint density at radius 1 is 1.22 bits per heavy atom. The second-order valence-corrected chi connectivity index (χ2v) is 6.94. The quantitative estimate of drug-likeness (QED) is 0.814. The Labute approximate surface area is 159 Å². The standard InChI is InChI=1S/C21H26FN3O2/c1-16-7-8-20(27-2)18(15-16)23-21(26)9-10-24-11-13-25(14-12-24)19-6-4-3-5-17(19)22/h3-8,15H,9-14H2,1-2H3,(H,23,26)/p+1. The number of halogens is 1. The van der Waals surface area contributed by atoms with Gasteiger partial charge in [-0.15, -0.1) is 0 Å². The highest BCUT2D eigenvalue weighted by Crippen LogP contribution is 2.25. The summed E-state index contributed by atoms with van der Waals surface area (Å²) in [5, 5.41) is 2.95.